The van der Waals surface area contributed by atoms with Crippen LogP contribution in [0.4, 0.5) is 5.69 Å². The summed E-state index contributed by atoms with van der Waals surface area (Å²) in [6, 6.07) is 6.75. The lowest BCUT2D eigenvalue weighted by atomic mass is 10.1. The lowest BCUT2D eigenvalue weighted by Gasteiger charge is -2.26. The number of anilines is 1. The lowest BCUT2D eigenvalue weighted by molar-refractivity contribution is 0.289. The van der Waals surface area contributed by atoms with Crippen LogP contribution in [-0.2, 0) is 6.54 Å². The zero-order valence-electron chi connectivity index (χ0n) is 11.5. The Kier molecular flexibility index (Phi) is 5.49. The van der Waals surface area contributed by atoms with Crippen LogP contribution in [0, 0.1) is 0 Å². The number of benzene rings is 1. The smallest absolute Gasteiger partial charge is 0.0471 e. The quantitative estimate of drug-likeness (QED) is 0.770. The molecule has 1 aliphatic rings. The molecular formula is C15H23ClN2O. The SMILES string of the molecule is CCN(CCCO)c1cccc(Cl)c1CNC1CC1. The number of nitrogens with zero attached hydrogens (tertiary/aromatic N) is 1. The molecule has 2 N–H and O–H groups in total. The van der Waals surface area contributed by atoms with Gasteiger partial charge in [0, 0.05) is 48.6 Å². The predicted octanol–water partition coefficient (Wildman–Crippen LogP) is 2.80. The molecule has 0 spiro atoms. The number of rotatable bonds is 8. The highest BCUT2D eigenvalue weighted by Crippen LogP contribution is 2.29. The summed E-state index contributed by atoms with van der Waals surface area (Å²) in [5, 5.41) is 13.4. The normalized spacial score (nSPS) is 14.7. The molecule has 0 bridgehead atoms. The summed E-state index contributed by atoms with van der Waals surface area (Å²) in [6.07, 6.45) is 3.35. The topological polar surface area (TPSA) is 35.5 Å². The molecule has 106 valence electrons. The van der Waals surface area contributed by atoms with E-state index in [2.05, 4.69) is 23.2 Å². The van der Waals surface area contributed by atoms with Crippen LogP contribution < -0.4 is 10.2 Å². The molecule has 3 nitrogen and oxygen atoms in total. The van der Waals surface area contributed by atoms with Gasteiger partial charge in [0.15, 0.2) is 0 Å². The third-order valence-electron chi connectivity index (χ3n) is 3.55. The van der Waals surface area contributed by atoms with E-state index in [1.807, 2.05) is 12.1 Å². The van der Waals surface area contributed by atoms with E-state index in [9.17, 15) is 0 Å². The van der Waals surface area contributed by atoms with E-state index in [0.29, 0.717) is 6.04 Å². The average molecular weight is 283 g/mol. The van der Waals surface area contributed by atoms with E-state index in [4.69, 9.17) is 16.7 Å². The first-order valence-electron chi connectivity index (χ1n) is 7.12. The van der Waals surface area contributed by atoms with Crippen molar-refractivity contribution in [3.63, 3.8) is 0 Å². The molecule has 2 rings (SSSR count). The summed E-state index contributed by atoms with van der Waals surface area (Å²) in [7, 11) is 0. The number of halogens is 1. The van der Waals surface area contributed by atoms with Crippen molar-refractivity contribution in [2.75, 3.05) is 24.6 Å². The first kappa shape index (κ1) is 14.6. The first-order valence-corrected chi connectivity index (χ1v) is 7.50. The fourth-order valence-electron chi connectivity index (χ4n) is 2.26. The molecule has 0 radical (unpaired) electrons. The van der Waals surface area contributed by atoms with Gasteiger partial charge < -0.3 is 15.3 Å². The Hall–Kier alpha value is -0.770. The molecule has 1 fully saturated rings. The first-order chi connectivity index (χ1) is 9.26. The van der Waals surface area contributed by atoms with E-state index in [-0.39, 0.29) is 6.61 Å². The minimum atomic E-state index is 0.229. The number of aliphatic hydroxyl groups excluding tert-OH is 1. The van der Waals surface area contributed by atoms with E-state index < -0.39 is 0 Å². The second kappa shape index (κ2) is 7.13. The largest absolute Gasteiger partial charge is 0.396 e. The van der Waals surface area contributed by atoms with Gasteiger partial charge in [-0.05, 0) is 38.3 Å². The van der Waals surface area contributed by atoms with Gasteiger partial charge in [-0.3, -0.25) is 0 Å². The van der Waals surface area contributed by atoms with Crippen LogP contribution in [0.15, 0.2) is 18.2 Å². The Morgan fingerprint density at radius 1 is 1.42 bits per heavy atom. The van der Waals surface area contributed by atoms with Crippen molar-refractivity contribution in [3.05, 3.63) is 28.8 Å². The van der Waals surface area contributed by atoms with Gasteiger partial charge in [-0.2, -0.15) is 0 Å². The van der Waals surface area contributed by atoms with Crippen LogP contribution in [0.3, 0.4) is 0 Å². The van der Waals surface area contributed by atoms with E-state index in [0.717, 1.165) is 31.1 Å². The highest BCUT2D eigenvalue weighted by atomic mass is 35.5. The second-order valence-electron chi connectivity index (χ2n) is 5.05. The van der Waals surface area contributed by atoms with Crippen LogP contribution in [0.1, 0.15) is 31.7 Å². The Bertz CT molecular complexity index is 407. The van der Waals surface area contributed by atoms with Gasteiger partial charge in [-0.1, -0.05) is 17.7 Å². The average Bonchev–Trinajstić information content (AvgIpc) is 3.23. The molecule has 4 heteroatoms. The molecule has 0 atom stereocenters. The zero-order chi connectivity index (χ0) is 13.7. The number of hydrogen-bond donors (Lipinski definition) is 2. The fraction of sp³-hybridized carbons (Fsp3) is 0.600. The van der Waals surface area contributed by atoms with Crippen molar-refractivity contribution >= 4 is 17.3 Å². The Labute approximate surface area is 120 Å². The van der Waals surface area contributed by atoms with E-state index >= 15 is 0 Å². The molecule has 0 aromatic heterocycles. The molecule has 1 aliphatic carbocycles. The maximum atomic E-state index is 9.00. The molecule has 19 heavy (non-hydrogen) atoms. The zero-order valence-corrected chi connectivity index (χ0v) is 12.3. The van der Waals surface area contributed by atoms with Gasteiger partial charge >= 0.3 is 0 Å². The van der Waals surface area contributed by atoms with Crippen molar-refractivity contribution in [1.29, 1.82) is 0 Å². The molecule has 0 amide bonds. The highest BCUT2D eigenvalue weighted by Gasteiger charge is 2.21. The third kappa shape index (κ3) is 4.10. The predicted molar refractivity (Wildman–Crippen MR) is 80.9 cm³/mol. The van der Waals surface area contributed by atoms with Crippen molar-refractivity contribution in [1.82, 2.24) is 5.32 Å². The van der Waals surface area contributed by atoms with Crippen molar-refractivity contribution in [3.8, 4) is 0 Å². The van der Waals surface area contributed by atoms with Crippen molar-refractivity contribution in [2.24, 2.45) is 0 Å². The summed E-state index contributed by atoms with van der Waals surface area (Å²) in [5.41, 5.74) is 2.37. The van der Waals surface area contributed by atoms with Gasteiger partial charge in [-0.25, -0.2) is 0 Å². The highest BCUT2D eigenvalue weighted by molar-refractivity contribution is 6.31. The van der Waals surface area contributed by atoms with Crippen LogP contribution in [-0.4, -0.2) is 30.8 Å². The third-order valence-corrected chi connectivity index (χ3v) is 3.90. The molecule has 1 aromatic carbocycles. The maximum absolute atomic E-state index is 9.00. The summed E-state index contributed by atoms with van der Waals surface area (Å²) in [5.74, 6) is 0. The van der Waals surface area contributed by atoms with Crippen molar-refractivity contribution < 1.29 is 5.11 Å². The summed E-state index contributed by atoms with van der Waals surface area (Å²) >= 11 is 6.35. The van der Waals surface area contributed by atoms with Crippen LogP contribution in [0.2, 0.25) is 5.02 Å². The van der Waals surface area contributed by atoms with Gasteiger partial charge in [0.05, 0.1) is 0 Å². The Morgan fingerprint density at radius 3 is 2.84 bits per heavy atom. The fourth-order valence-corrected chi connectivity index (χ4v) is 2.50. The summed E-state index contributed by atoms with van der Waals surface area (Å²) in [6.45, 7) is 4.99. The second-order valence-corrected chi connectivity index (χ2v) is 5.46. The molecule has 1 aromatic rings. The minimum absolute atomic E-state index is 0.229. The van der Waals surface area contributed by atoms with Gasteiger partial charge in [0.2, 0.25) is 0 Å². The summed E-state index contributed by atoms with van der Waals surface area (Å²) in [4.78, 5) is 2.28. The van der Waals surface area contributed by atoms with Crippen LogP contribution in [0.5, 0.6) is 0 Å². The monoisotopic (exact) mass is 282 g/mol. The Morgan fingerprint density at radius 2 is 2.21 bits per heavy atom. The maximum Gasteiger partial charge on any atom is 0.0471 e. The van der Waals surface area contributed by atoms with Gasteiger partial charge in [0.1, 0.15) is 0 Å². The minimum Gasteiger partial charge on any atom is -0.396 e. The van der Waals surface area contributed by atoms with Crippen LogP contribution >= 0.6 is 11.6 Å². The Balaban J connectivity index is 2.13. The standard InChI is InChI=1S/C15H23ClN2O/c1-2-18(9-4-10-19)15-6-3-5-14(16)13(15)11-17-12-7-8-12/h3,5-6,12,17,19H,2,4,7-11H2,1H3. The molecule has 0 saturated heterocycles. The molecular weight excluding hydrogens is 260 g/mol. The number of aliphatic hydroxyl groups is 1. The van der Waals surface area contributed by atoms with Gasteiger partial charge in [0.25, 0.3) is 0 Å². The van der Waals surface area contributed by atoms with Crippen LogP contribution in [0.25, 0.3) is 0 Å². The number of hydrogen-bond acceptors (Lipinski definition) is 3. The number of nitrogens with one attached hydrogen (secondary N) is 1. The molecule has 0 aliphatic heterocycles. The van der Waals surface area contributed by atoms with E-state index in [1.165, 1.54) is 24.1 Å². The molecule has 0 heterocycles. The van der Waals surface area contributed by atoms with Crippen molar-refractivity contribution in [2.45, 2.75) is 38.8 Å². The van der Waals surface area contributed by atoms with Gasteiger partial charge in [-0.15, -0.1) is 0 Å². The molecule has 1 saturated carbocycles. The van der Waals surface area contributed by atoms with E-state index in [1.54, 1.807) is 0 Å². The molecule has 0 unspecified atom stereocenters. The summed E-state index contributed by atoms with van der Waals surface area (Å²) < 4.78 is 0. The lowest BCUT2D eigenvalue weighted by Crippen LogP contribution is -2.27.